The number of benzene rings is 1. The lowest BCUT2D eigenvalue weighted by atomic mass is 10.2. The standard InChI is InChI=1S/C11H16N2O4S2/c1-3-12-9-5-4-6-10(11(9)13(14)15)18-7-8-19(2,16)17/h4-6,12H,3,7-8H2,1-2H3. The van der Waals surface area contributed by atoms with Gasteiger partial charge in [0.2, 0.25) is 0 Å². The van der Waals surface area contributed by atoms with E-state index in [0.717, 1.165) is 6.26 Å². The Morgan fingerprint density at radius 1 is 1.42 bits per heavy atom. The predicted octanol–water partition coefficient (Wildman–Crippen LogP) is 2.16. The lowest BCUT2D eigenvalue weighted by Crippen LogP contribution is -2.06. The molecule has 1 N–H and O–H groups in total. The largest absolute Gasteiger partial charge is 0.380 e. The minimum Gasteiger partial charge on any atom is -0.380 e. The van der Waals surface area contributed by atoms with Crippen molar-refractivity contribution >= 4 is 33.0 Å². The SMILES string of the molecule is CCNc1cccc(SCCS(C)(=O)=O)c1[N+](=O)[O-]. The Morgan fingerprint density at radius 3 is 2.63 bits per heavy atom. The van der Waals surface area contributed by atoms with Gasteiger partial charge in [-0.3, -0.25) is 10.1 Å². The van der Waals surface area contributed by atoms with Crippen LogP contribution in [0.3, 0.4) is 0 Å². The molecule has 0 aliphatic heterocycles. The van der Waals surface area contributed by atoms with Crippen molar-refractivity contribution in [3.8, 4) is 0 Å². The van der Waals surface area contributed by atoms with E-state index in [1.807, 2.05) is 6.92 Å². The number of nitrogens with zero attached hydrogens (tertiary/aromatic N) is 1. The third-order valence-electron chi connectivity index (χ3n) is 2.26. The minimum atomic E-state index is -3.05. The number of anilines is 1. The van der Waals surface area contributed by atoms with Gasteiger partial charge in [0, 0.05) is 18.6 Å². The van der Waals surface area contributed by atoms with Crippen molar-refractivity contribution in [3.63, 3.8) is 0 Å². The highest BCUT2D eigenvalue weighted by Gasteiger charge is 2.19. The fraction of sp³-hybridized carbons (Fsp3) is 0.455. The van der Waals surface area contributed by atoms with Crippen LogP contribution in [-0.4, -0.2) is 37.6 Å². The molecule has 0 unspecified atom stereocenters. The molecule has 8 heteroatoms. The van der Waals surface area contributed by atoms with Crippen LogP contribution < -0.4 is 5.32 Å². The maximum atomic E-state index is 11.1. The van der Waals surface area contributed by atoms with Gasteiger partial charge < -0.3 is 5.32 Å². The van der Waals surface area contributed by atoms with Crippen molar-refractivity contribution in [1.82, 2.24) is 0 Å². The van der Waals surface area contributed by atoms with E-state index in [2.05, 4.69) is 5.32 Å². The Kier molecular flexibility index (Phi) is 5.61. The van der Waals surface area contributed by atoms with Crippen molar-refractivity contribution in [1.29, 1.82) is 0 Å². The lowest BCUT2D eigenvalue weighted by Gasteiger charge is -2.08. The number of nitro groups is 1. The summed E-state index contributed by atoms with van der Waals surface area (Å²) >= 11 is 1.18. The Morgan fingerprint density at radius 2 is 2.11 bits per heavy atom. The molecule has 6 nitrogen and oxygen atoms in total. The van der Waals surface area contributed by atoms with Crippen LogP contribution in [0.15, 0.2) is 23.1 Å². The Balaban J connectivity index is 2.93. The van der Waals surface area contributed by atoms with Crippen LogP contribution in [0.4, 0.5) is 11.4 Å². The lowest BCUT2D eigenvalue weighted by molar-refractivity contribution is -0.386. The molecule has 0 heterocycles. The molecule has 1 aromatic carbocycles. The van der Waals surface area contributed by atoms with Crippen LogP contribution in [0.5, 0.6) is 0 Å². The Labute approximate surface area is 116 Å². The zero-order chi connectivity index (χ0) is 14.5. The molecule has 0 bridgehead atoms. The highest BCUT2D eigenvalue weighted by Crippen LogP contribution is 2.35. The van der Waals surface area contributed by atoms with Gasteiger partial charge in [0.15, 0.2) is 0 Å². The van der Waals surface area contributed by atoms with Crippen molar-refractivity contribution in [3.05, 3.63) is 28.3 Å². The molecule has 0 saturated heterocycles. The van der Waals surface area contributed by atoms with E-state index in [-0.39, 0.29) is 11.4 Å². The van der Waals surface area contributed by atoms with E-state index in [9.17, 15) is 18.5 Å². The molecule has 0 saturated carbocycles. The first-order valence-corrected chi connectivity index (χ1v) is 8.71. The monoisotopic (exact) mass is 304 g/mol. The molecule has 0 radical (unpaired) electrons. The van der Waals surface area contributed by atoms with Crippen molar-refractivity contribution in [2.45, 2.75) is 11.8 Å². The average molecular weight is 304 g/mol. The van der Waals surface area contributed by atoms with Gasteiger partial charge in [-0.15, -0.1) is 11.8 Å². The second-order valence-electron chi connectivity index (χ2n) is 3.92. The Bertz CT molecular complexity index is 558. The number of hydrogen-bond acceptors (Lipinski definition) is 6. The molecule has 19 heavy (non-hydrogen) atoms. The molecule has 1 rings (SSSR count). The summed E-state index contributed by atoms with van der Waals surface area (Å²) < 4.78 is 22.1. The molecule has 1 aromatic rings. The fourth-order valence-corrected chi connectivity index (χ4v) is 3.72. The fourth-order valence-electron chi connectivity index (χ4n) is 1.46. The first kappa shape index (κ1) is 15.8. The minimum absolute atomic E-state index is 0.000253. The topological polar surface area (TPSA) is 89.3 Å². The normalized spacial score (nSPS) is 11.3. The van der Waals surface area contributed by atoms with E-state index >= 15 is 0 Å². The molecule has 0 aliphatic carbocycles. The van der Waals surface area contributed by atoms with Crippen LogP contribution in [0, 0.1) is 10.1 Å². The zero-order valence-electron chi connectivity index (χ0n) is 10.8. The molecule has 0 atom stereocenters. The molecular weight excluding hydrogens is 288 g/mol. The number of nitro benzene ring substituents is 1. The van der Waals surface area contributed by atoms with Crippen LogP contribution in [0.1, 0.15) is 6.92 Å². The van der Waals surface area contributed by atoms with E-state index in [1.54, 1.807) is 18.2 Å². The quantitative estimate of drug-likeness (QED) is 0.472. The number of thioether (sulfide) groups is 1. The molecule has 0 amide bonds. The summed E-state index contributed by atoms with van der Waals surface area (Å²) in [6.07, 6.45) is 1.15. The van der Waals surface area contributed by atoms with E-state index in [1.165, 1.54) is 11.8 Å². The maximum Gasteiger partial charge on any atom is 0.305 e. The van der Waals surface area contributed by atoms with Gasteiger partial charge in [0.1, 0.15) is 15.5 Å². The van der Waals surface area contributed by atoms with Crippen LogP contribution in [-0.2, 0) is 9.84 Å². The van der Waals surface area contributed by atoms with Crippen LogP contribution in [0.25, 0.3) is 0 Å². The summed E-state index contributed by atoms with van der Waals surface area (Å²) in [7, 11) is -3.05. The van der Waals surface area contributed by atoms with E-state index < -0.39 is 14.8 Å². The number of para-hydroxylation sites is 1. The van der Waals surface area contributed by atoms with Gasteiger partial charge in [-0.25, -0.2) is 8.42 Å². The second-order valence-corrected chi connectivity index (χ2v) is 7.31. The number of hydrogen-bond donors (Lipinski definition) is 1. The zero-order valence-corrected chi connectivity index (χ0v) is 12.4. The summed E-state index contributed by atoms with van der Waals surface area (Å²) in [6, 6.07) is 4.99. The van der Waals surface area contributed by atoms with Gasteiger partial charge >= 0.3 is 5.69 Å². The van der Waals surface area contributed by atoms with Crippen molar-refractivity contribution in [2.75, 3.05) is 29.6 Å². The summed E-state index contributed by atoms with van der Waals surface area (Å²) in [6.45, 7) is 2.44. The van der Waals surface area contributed by atoms with Gasteiger partial charge in [0.05, 0.1) is 15.6 Å². The van der Waals surface area contributed by atoms with Crippen LogP contribution in [0.2, 0.25) is 0 Å². The number of nitrogens with one attached hydrogen (secondary N) is 1. The van der Waals surface area contributed by atoms with Crippen LogP contribution >= 0.6 is 11.8 Å². The van der Waals surface area contributed by atoms with Gasteiger partial charge in [-0.2, -0.15) is 0 Å². The van der Waals surface area contributed by atoms with Gasteiger partial charge in [-0.05, 0) is 19.1 Å². The molecule has 106 valence electrons. The summed E-state index contributed by atoms with van der Waals surface area (Å²) in [5.41, 5.74) is 0.458. The molecular formula is C11H16N2O4S2. The molecule has 0 aromatic heterocycles. The second kappa shape index (κ2) is 6.76. The molecule has 0 fully saturated rings. The van der Waals surface area contributed by atoms with E-state index in [0.29, 0.717) is 22.9 Å². The highest BCUT2D eigenvalue weighted by atomic mass is 32.2. The molecule has 0 aliphatic rings. The first-order chi connectivity index (χ1) is 8.85. The average Bonchev–Trinajstić information content (AvgIpc) is 2.27. The van der Waals surface area contributed by atoms with Gasteiger partial charge in [-0.1, -0.05) is 6.07 Å². The smallest absolute Gasteiger partial charge is 0.305 e. The van der Waals surface area contributed by atoms with Crippen molar-refractivity contribution in [2.24, 2.45) is 0 Å². The number of rotatable bonds is 7. The molecule has 0 spiro atoms. The maximum absolute atomic E-state index is 11.1. The summed E-state index contributed by atoms with van der Waals surface area (Å²) in [5.74, 6) is 0.301. The Hall–Kier alpha value is -1.28. The summed E-state index contributed by atoms with van der Waals surface area (Å²) in [5, 5.41) is 14.0. The summed E-state index contributed by atoms with van der Waals surface area (Å²) in [4.78, 5) is 11.1. The highest BCUT2D eigenvalue weighted by molar-refractivity contribution is 8.00. The van der Waals surface area contributed by atoms with E-state index in [4.69, 9.17) is 0 Å². The third-order valence-corrected chi connectivity index (χ3v) is 4.51. The third kappa shape index (κ3) is 5.07. The van der Waals surface area contributed by atoms with Crippen molar-refractivity contribution < 1.29 is 13.3 Å². The van der Waals surface area contributed by atoms with Gasteiger partial charge in [0.25, 0.3) is 0 Å². The number of sulfone groups is 1. The predicted molar refractivity (Wildman–Crippen MR) is 77.7 cm³/mol. The first-order valence-electron chi connectivity index (χ1n) is 5.67.